The van der Waals surface area contributed by atoms with Crippen molar-refractivity contribution in [3.63, 3.8) is 0 Å². The molecule has 2 aliphatic rings. The summed E-state index contributed by atoms with van der Waals surface area (Å²) in [5.74, 6) is 6.29. The monoisotopic (exact) mass is 254 g/mol. The van der Waals surface area contributed by atoms with Gasteiger partial charge < -0.3 is 10.1 Å². The number of methoxy groups -OCH3 is 1. The van der Waals surface area contributed by atoms with Gasteiger partial charge in [-0.2, -0.15) is 0 Å². The van der Waals surface area contributed by atoms with E-state index >= 15 is 0 Å². The Morgan fingerprint density at radius 2 is 2.00 bits per heavy atom. The minimum absolute atomic E-state index is 0.0915. The van der Waals surface area contributed by atoms with Crippen LogP contribution in [0.1, 0.15) is 46.0 Å². The molecule has 0 spiro atoms. The molecule has 0 radical (unpaired) electrons. The Balaban J connectivity index is 1.93. The standard InChI is InChI=1S/C13H26N4O/c1-13(2)10(8-11(13)18-3)16-12(17-14)15-9-6-4-5-7-9/h9-11H,4-8,14H2,1-3H3,(H2,15,16,17). The van der Waals surface area contributed by atoms with Crippen molar-refractivity contribution in [2.75, 3.05) is 7.11 Å². The van der Waals surface area contributed by atoms with Gasteiger partial charge in [0.2, 0.25) is 5.96 Å². The lowest BCUT2D eigenvalue weighted by Crippen LogP contribution is -2.55. The number of aliphatic imine (C=N–C) groups is 1. The van der Waals surface area contributed by atoms with E-state index in [1.54, 1.807) is 7.11 Å². The summed E-state index contributed by atoms with van der Waals surface area (Å²) in [5.41, 5.74) is 2.79. The molecule has 0 heterocycles. The van der Waals surface area contributed by atoms with Crippen LogP contribution in [0.15, 0.2) is 4.99 Å². The number of nitrogens with one attached hydrogen (secondary N) is 2. The first-order valence-corrected chi connectivity index (χ1v) is 6.91. The zero-order valence-electron chi connectivity index (χ0n) is 11.7. The minimum Gasteiger partial charge on any atom is -0.381 e. The Kier molecular flexibility index (Phi) is 4.12. The summed E-state index contributed by atoms with van der Waals surface area (Å²) in [6.45, 7) is 4.39. The molecule has 18 heavy (non-hydrogen) atoms. The maximum atomic E-state index is 5.56. The average molecular weight is 254 g/mol. The molecule has 2 rings (SSSR count). The number of rotatable bonds is 3. The van der Waals surface area contributed by atoms with Gasteiger partial charge >= 0.3 is 0 Å². The van der Waals surface area contributed by atoms with Crippen molar-refractivity contribution in [1.29, 1.82) is 0 Å². The molecule has 104 valence electrons. The number of hydrazine groups is 1. The Hall–Kier alpha value is -0.810. The predicted octanol–water partition coefficient (Wildman–Crippen LogP) is 1.15. The summed E-state index contributed by atoms with van der Waals surface area (Å²) in [7, 11) is 1.77. The number of hydrogen-bond acceptors (Lipinski definition) is 3. The Morgan fingerprint density at radius 3 is 2.50 bits per heavy atom. The Labute approximate surface area is 110 Å². The minimum atomic E-state index is 0.0915. The second-order valence-corrected chi connectivity index (χ2v) is 6.04. The van der Waals surface area contributed by atoms with E-state index in [9.17, 15) is 0 Å². The second kappa shape index (κ2) is 5.45. The van der Waals surface area contributed by atoms with Gasteiger partial charge in [0.1, 0.15) is 0 Å². The smallest absolute Gasteiger partial charge is 0.206 e. The largest absolute Gasteiger partial charge is 0.381 e. The van der Waals surface area contributed by atoms with Crippen LogP contribution in [-0.4, -0.2) is 31.3 Å². The molecule has 4 N–H and O–H groups in total. The van der Waals surface area contributed by atoms with E-state index in [1.807, 2.05) is 0 Å². The molecule has 0 aromatic heterocycles. The molecule has 5 heteroatoms. The maximum absolute atomic E-state index is 5.56. The summed E-state index contributed by atoms with van der Waals surface area (Å²) in [6, 6.07) is 0.809. The highest BCUT2D eigenvalue weighted by Crippen LogP contribution is 2.44. The second-order valence-electron chi connectivity index (χ2n) is 6.04. The highest BCUT2D eigenvalue weighted by Gasteiger charge is 2.48. The van der Waals surface area contributed by atoms with Crippen molar-refractivity contribution < 1.29 is 4.74 Å². The van der Waals surface area contributed by atoms with Gasteiger partial charge in [-0.3, -0.25) is 5.43 Å². The third kappa shape index (κ3) is 2.62. The van der Waals surface area contributed by atoms with Gasteiger partial charge in [-0.1, -0.05) is 26.7 Å². The molecule has 2 unspecified atom stereocenters. The zero-order chi connectivity index (χ0) is 13.2. The molecule has 2 atom stereocenters. The molecule has 2 aliphatic carbocycles. The summed E-state index contributed by atoms with van der Waals surface area (Å²) in [5, 5.41) is 3.41. The lowest BCUT2D eigenvalue weighted by Gasteiger charge is -2.49. The molecule has 5 nitrogen and oxygen atoms in total. The molecule has 0 aliphatic heterocycles. The van der Waals surface area contributed by atoms with Crippen molar-refractivity contribution in [2.45, 2.75) is 64.1 Å². The van der Waals surface area contributed by atoms with E-state index in [-0.39, 0.29) is 11.5 Å². The highest BCUT2D eigenvalue weighted by molar-refractivity contribution is 5.79. The predicted molar refractivity (Wildman–Crippen MR) is 73.1 cm³/mol. The van der Waals surface area contributed by atoms with E-state index < -0.39 is 0 Å². The maximum Gasteiger partial charge on any atom is 0.206 e. The van der Waals surface area contributed by atoms with Gasteiger partial charge in [0.05, 0.1) is 12.1 Å². The molecule has 0 aromatic carbocycles. The van der Waals surface area contributed by atoms with Crippen LogP contribution in [0.5, 0.6) is 0 Å². The molecule has 0 aromatic rings. The summed E-state index contributed by atoms with van der Waals surface area (Å²) in [4.78, 5) is 4.70. The first-order valence-electron chi connectivity index (χ1n) is 6.91. The van der Waals surface area contributed by atoms with Crippen molar-refractivity contribution in [3.8, 4) is 0 Å². The van der Waals surface area contributed by atoms with Crippen molar-refractivity contribution in [2.24, 2.45) is 16.3 Å². The normalized spacial score (nSPS) is 32.1. The Bertz CT molecular complexity index is 310. The summed E-state index contributed by atoms with van der Waals surface area (Å²) < 4.78 is 5.44. The SMILES string of the molecule is COC1CC(N=C(NN)NC2CCCC2)C1(C)C. The van der Waals surface area contributed by atoms with E-state index in [1.165, 1.54) is 25.7 Å². The van der Waals surface area contributed by atoms with Crippen LogP contribution in [0.2, 0.25) is 0 Å². The van der Waals surface area contributed by atoms with Crippen LogP contribution in [0, 0.1) is 5.41 Å². The number of nitrogens with zero attached hydrogens (tertiary/aromatic N) is 1. The van der Waals surface area contributed by atoms with E-state index in [0.717, 1.165) is 12.4 Å². The van der Waals surface area contributed by atoms with Crippen LogP contribution < -0.4 is 16.6 Å². The Morgan fingerprint density at radius 1 is 1.33 bits per heavy atom. The number of ether oxygens (including phenoxy) is 1. The molecule has 0 saturated heterocycles. The number of guanidine groups is 1. The van der Waals surface area contributed by atoms with Crippen LogP contribution in [-0.2, 0) is 4.74 Å². The average Bonchev–Trinajstić information content (AvgIpc) is 2.85. The first-order chi connectivity index (χ1) is 8.57. The van der Waals surface area contributed by atoms with Crippen LogP contribution >= 0.6 is 0 Å². The van der Waals surface area contributed by atoms with Crippen molar-refractivity contribution >= 4 is 5.96 Å². The summed E-state index contributed by atoms with van der Waals surface area (Å²) >= 11 is 0. The molecule has 0 amide bonds. The molecular weight excluding hydrogens is 228 g/mol. The van der Waals surface area contributed by atoms with Gasteiger partial charge in [-0.05, 0) is 19.3 Å². The highest BCUT2D eigenvalue weighted by atomic mass is 16.5. The zero-order valence-corrected chi connectivity index (χ0v) is 11.7. The van der Waals surface area contributed by atoms with Crippen molar-refractivity contribution in [1.82, 2.24) is 10.7 Å². The van der Waals surface area contributed by atoms with Crippen LogP contribution in [0.25, 0.3) is 0 Å². The van der Waals surface area contributed by atoms with Gasteiger partial charge in [0, 0.05) is 18.6 Å². The quantitative estimate of drug-likeness (QED) is 0.306. The molecule has 2 fully saturated rings. The third-order valence-corrected chi connectivity index (χ3v) is 4.53. The van der Waals surface area contributed by atoms with Gasteiger partial charge in [-0.15, -0.1) is 0 Å². The van der Waals surface area contributed by atoms with Gasteiger partial charge in [-0.25, -0.2) is 10.8 Å². The van der Waals surface area contributed by atoms with E-state index in [0.29, 0.717) is 12.1 Å². The summed E-state index contributed by atoms with van der Waals surface area (Å²) in [6.07, 6.45) is 6.31. The van der Waals surface area contributed by atoms with Crippen molar-refractivity contribution in [3.05, 3.63) is 0 Å². The third-order valence-electron chi connectivity index (χ3n) is 4.53. The molecule has 0 bridgehead atoms. The fraction of sp³-hybridized carbons (Fsp3) is 0.923. The fourth-order valence-corrected chi connectivity index (χ4v) is 3.02. The lowest BCUT2D eigenvalue weighted by atomic mass is 9.65. The van der Waals surface area contributed by atoms with E-state index in [4.69, 9.17) is 15.6 Å². The first kappa shape index (κ1) is 13.6. The van der Waals surface area contributed by atoms with Crippen LogP contribution in [0.3, 0.4) is 0 Å². The fourth-order valence-electron chi connectivity index (χ4n) is 3.02. The topological polar surface area (TPSA) is 71.7 Å². The lowest BCUT2D eigenvalue weighted by molar-refractivity contribution is -0.0852. The van der Waals surface area contributed by atoms with Gasteiger partial charge in [0.15, 0.2) is 0 Å². The van der Waals surface area contributed by atoms with Crippen LogP contribution in [0.4, 0.5) is 0 Å². The number of hydrogen-bond donors (Lipinski definition) is 3. The molecule has 2 saturated carbocycles. The molecular formula is C13H26N4O. The van der Waals surface area contributed by atoms with Gasteiger partial charge in [0.25, 0.3) is 0 Å². The number of nitrogens with two attached hydrogens (primary N) is 1. The van der Waals surface area contributed by atoms with E-state index in [2.05, 4.69) is 24.6 Å².